The van der Waals surface area contributed by atoms with Gasteiger partial charge in [0, 0.05) is 19.1 Å². The van der Waals surface area contributed by atoms with E-state index in [1.807, 2.05) is 0 Å². The number of hydrogen-bond acceptors (Lipinski definition) is 3. The van der Waals surface area contributed by atoms with E-state index < -0.39 is 0 Å². The fourth-order valence-corrected chi connectivity index (χ4v) is 3.12. The molecular formula is C15H21N3. The van der Waals surface area contributed by atoms with E-state index in [-0.39, 0.29) is 0 Å². The standard InChI is InChI=1S/C15H21N3/c1-3-17-12(2)11-18-14(10-16-15(17)18)9-13-7-5-4-6-8-13/h4-8,12,14H,3,9-11H2,1-2H3. The van der Waals surface area contributed by atoms with Crippen molar-refractivity contribution in [2.45, 2.75) is 32.4 Å². The highest BCUT2D eigenvalue weighted by molar-refractivity contribution is 5.84. The van der Waals surface area contributed by atoms with Crippen LogP contribution in [0.1, 0.15) is 19.4 Å². The molecule has 96 valence electrons. The zero-order valence-corrected chi connectivity index (χ0v) is 11.2. The normalized spacial score (nSPS) is 26.4. The van der Waals surface area contributed by atoms with Gasteiger partial charge in [-0.15, -0.1) is 0 Å². The number of guanidine groups is 1. The van der Waals surface area contributed by atoms with Crippen molar-refractivity contribution in [3.63, 3.8) is 0 Å². The first-order valence-corrected chi connectivity index (χ1v) is 6.91. The minimum atomic E-state index is 0.557. The molecule has 2 atom stereocenters. The summed E-state index contributed by atoms with van der Waals surface area (Å²) in [5.41, 5.74) is 1.42. The Morgan fingerprint density at radius 2 is 2.06 bits per heavy atom. The average Bonchev–Trinajstić information content (AvgIpc) is 2.90. The molecule has 0 aromatic heterocycles. The van der Waals surface area contributed by atoms with E-state index in [9.17, 15) is 0 Å². The van der Waals surface area contributed by atoms with Crippen molar-refractivity contribution >= 4 is 5.96 Å². The Kier molecular flexibility index (Phi) is 2.98. The van der Waals surface area contributed by atoms with Crippen LogP contribution in [0.2, 0.25) is 0 Å². The van der Waals surface area contributed by atoms with E-state index in [4.69, 9.17) is 4.99 Å². The van der Waals surface area contributed by atoms with Crippen molar-refractivity contribution in [1.29, 1.82) is 0 Å². The topological polar surface area (TPSA) is 18.8 Å². The molecule has 2 heterocycles. The summed E-state index contributed by atoms with van der Waals surface area (Å²) in [6, 6.07) is 11.9. The number of likely N-dealkylation sites (N-methyl/N-ethyl adjacent to an activating group) is 1. The van der Waals surface area contributed by atoms with Gasteiger partial charge in [0.15, 0.2) is 5.96 Å². The molecule has 2 unspecified atom stereocenters. The number of rotatable bonds is 3. The summed E-state index contributed by atoms with van der Waals surface area (Å²) in [5, 5.41) is 0. The molecule has 0 amide bonds. The van der Waals surface area contributed by atoms with Crippen LogP contribution in [0.3, 0.4) is 0 Å². The van der Waals surface area contributed by atoms with Crippen LogP contribution in [-0.2, 0) is 6.42 Å². The number of aliphatic imine (C=N–C) groups is 1. The third kappa shape index (κ3) is 1.88. The lowest BCUT2D eigenvalue weighted by Gasteiger charge is -2.23. The van der Waals surface area contributed by atoms with Crippen LogP contribution < -0.4 is 0 Å². The largest absolute Gasteiger partial charge is 0.339 e. The second kappa shape index (κ2) is 4.63. The van der Waals surface area contributed by atoms with Crippen LogP contribution in [0.25, 0.3) is 0 Å². The quantitative estimate of drug-likeness (QED) is 0.808. The lowest BCUT2D eigenvalue weighted by Crippen LogP contribution is -2.37. The molecule has 1 aromatic rings. The van der Waals surface area contributed by atoms with Gasteiger partial charge in [-0.2, -0.15) is 0 Å². The second-order valence-corrected chi connectivity index (χ2v) is 5.27. The molecule has 18 heavy (non-hydrogen) atoms. The summed E-state index contributed by atoms with van der Waals surface area (Å²) >= 11 is 0. The Morgan fingerprint density at radius 1 is 1.28 bits per heavy atom. The van der Waals surface area contributed by atoms with Crippen molar-refractivity contribution in [2.24, 2.45) is 4.99 Å². The molecule has 0 saturated carbocycles. The van der Waals surface area contributed by atoms with E-state index in [0.29, 0.717) is 12.1 Å². The molecule has 0 N–H and O–H groups in total. The molecule has 2 aliphatic heterocycles. The highest BCUT2D eigenvalue weighted by atomic mass is 15.5. The molecule has 0 radical (unpaired) electrons. The predicted molar refractivity (Wildman–Crippen MR) is 74.8 cm³/mol. The first-order valence-electron chi connectivity index (χ1n) is 6.91. The van der Waals surface area contributed by atoms with Gasteiger partial charge in [0.2, 0.25) is 0 Å². The van der Waals surface area contributed by atoms with Gasteiger partial charge in [-0.3, -0.25) is 4.99 Å². The van der Waals surface area contributed by atoms with E-state index in [0.717, 1.165) is 26.1 Å². The maximum Gasteiger partial charge on any atom is 0.197 e. The van der Waals surface area contributed by atoms with Crippen molar-refractivity contribution in [2.75, 3.05) is 19.6 Å². The highest BCUT2D eigenvalue weighted by Gasteiger charge is 2.39. The van der Waals surface area contributed by atoms with Crippen molar-refractivity contribution in [1.82, 2.24) is 9.80 Å². The smallest absolute Gasteiger partial charge is 0.197 e. The zero-order chi connectivity index (χ0) is 12.5. The van der Waals surface area contributed by atoms with E-state index in [1.165, 1.54) is 11.5 Å². The molecular weight excluding hydrogens is 222 g/mol. The molecule has 3 rings (SSSR count). The first kappa shape index (κ1) is 11.6. The Balaban J connectivity index is 1.72. The SMILES string of the molecule is CCN1C2=NCC(Cc3ccccc3)N2CC1C. The minimum absolute atomic E-state index is 0.557. The van der Waals surface area contributed by atoms with Crippen LogP contribution in [0.4, 0.5) is 0 Å². The Labute approximate surface area is 109 Å². The molecule has 3 nitrogen and oxygen atoms in total. The van der Waals surface area contributed by atoms with Crippen molar-refractivity contribution in [3.8, 4) is 0 Å². The number of nitrogens with zero attached hydrogens (tertiary/aromatic N) is 3. The third-order valence-corrected chi connectivity index (χ3v) is 4.05. The predicted octanol–water partition coefficient (Wildman–Crippen LogP) is 1.99. The van der Waals surface area contributed by atoms with Crippen LogP contribution in [-0.4, -0.2) is 47.5 Å². The Hall–Kier alpha value is -1.51. The van der Waals surface area contributed by atoms with E-state index in [2.05, 4.69) is 54.0 Å². The van der Waals surface area contributed by atoms with E-state index in [1.54, 1.807) is 0 Å². The molecule has 2 aliphatic rings. The molecule has 0 aliphatic carbocycles. The third-order valence-electron chi connectivity index (χ3n) is 4.05. The number of hydrogen-bond donors (Lipinski definition) is 0. The monoisotopic (exact) mass is 243 g/mol. The lowest BCUT2D eigenvalue weighted by atomic mass is 10.1. The first-order chi connectivity index (χ1) is 8.79. The fourth-order valence-electron chi connectivity index (χ4n) is 3.12. The maximum absolute atomic E-state index is 4.75. The summed E-state index contributed by atoms with van der Waals surface area (Å²) in [7, 11) is 0. The lowest BCUT2D eigenvalue weighted by molar-refractivity contribution is 0.335. The second-order valence-electron chi connectivity index (χ2n) is 5.27. The van der Waals surface area contributed by atoms with Gasteiger partial charge in [0.1, 0.15) is 0 Å². The summed E-state index contributed by atoms with van der Waals surface area (Å²) in [6.07, 6.45) is 1.11. The maximum atomic E-state index is 4.75. The van der Waals surface area contributed by atoms with Crippen LogP contribution in [0, 0.1) is 0 Å². The average molecular weight is 243 g/mol. The molecule has 1 aromatic carbocycles. The Bertz CT molecular complexity index is 440. The van der Waals surface area contributed by atoms with Crippen LogP contribution in [0.15, 0.2) is 35.3 Å². The van der Waals surface area contributed by atoms with Crippen LogP contribution in [0.5, 0.6) is 0 Å². The van der Waals surface area contributed by atoms with Gasteiger partial charge in [-0.1, -0.05) is 30.3 Å². The summed E-state index contributed by atoms with van der Waals surface area (Å²) in [4.78, 5) is 9.67. The van der Waals surface area contributed by atoms with Gasteiger partial charge in [0.25, 0.3) is 0 Å². The molecule has 0 spiro atoms. The van der Waals surface area contributed by atoms with Gasteiger partial charge in [-0.25, -0.2) is 0 Å². The Morgan fingerprint density at radius 3 is 2.78 bits per heavy atom. The molecule has 1 fully saturated rings. The molecule has 1 saturated heterocycles. The summed E-state index contributed by atoms with van der Waals surface area (Å²) in [5.74, 6) is 1.23. The molecule has 0 bridgehead atoms. The highest BCUT2D eigenvalue weighted by Crippen LogP contribution is 2.25. The van der Waals surface area contributed by atoms with Crippen molar-refractivity contribution < 1.29 is 0 Å². The van der Waals surface area contributed by atoms with Crippen molar-refractivity contribution in [3.05, 3.63) is 35.9 Å². The van der Waals surface area contributed by atoms with Gasteiger partial charge in [0.05, 0.1) is 12.6 Å². The van der Waals surface area contributed by atoms with Gasteiger partial charge >= 0.3 is 0 Å². The van der Waals surface area contributed by atoms with Crippen LogP contribution >= 0.6 is 0 Å². The minimum Gasteiger partial charge on any atom is -0.339 e. The summed E-state index contributed by atoms with van der Waals surface area (Å²) < 4.78 is 0. The van der Waals surface area contributed by atoms with Gasteiger partial charge in [-0.05, 0) is 25.8 Å². The summed E-state index contributed by atoms with van der Waals surface area (Å²) in [6.45, 7) is 7.66. The zero-order valence-electron chi connectivity index (χ0n) is 11.2. The molecule has 3 heteroatoms. The fraction of sp³-hybridized carbons (Fsp3) is 0.533. The number of fused-ring (bicyclic) bond motifs is 1. The number of benzene rings is 1. The van der Waals surface area contributed by atoms with E-state index >= 15 is 0 Å². The van der Waals surface area contributed by atoms with Gasteiger partial charge < -0.3 is 9.80 Å².